The molecule has 0 atom stereocenters. The number of carbonyl (C=O) groups is 1. The molecule has 18 heavy (non-hydrogen) atoms. The van der Waals surface area contributed by atoms with E-state index in [4.69, 9.17) is 16.2 Å². The molecule has 1 aliphatic heterocycles. The third kappa shape index (κ3) is 2.92. The summed E-state index contributed by atoms with van der Waals surface area (Å²) in [7, 11) is 2.09. The lowest BCUT2D eigenvalue weighted by atomic mass is 10.1. The number of amides is 1. The van der Waals surface area contributed by atoms with Gasteiger partial charge in [0, 0.05) is 18.8 Å². The fourth-order valence-electron chi connectivity index (χ4n) is 2.13. The second kappa shape index (κ2) is 5.27. The van der Waals surface area contributed by atoms with Crippen molar-refractivity contribution < 1.29 is 9.53 Å². The van der Waals surface area contributed by atoms with Crippen LogP contribution in [0.25, 0.3) is 0 Å². The van der Waals surface area contributed by atoms with Crippen LogP contribution in [0.1, 0.15) is 23.2 Å². The van der Waals surface area contributed by atoms with Crippen LogP contribution in [0.5, 0.6) is 5.75 Å². The highest BCUT2D eigenvalue weighted by atomic mass is 16.5. The molecule has 1 aromatic carbocycles. The van der Waals surface area contributed by atoms with Crippen molar-refractivity contribution in [2.75, 3.05) is 25.9 Å². The molecular formula is C13H19N3O2. The SMILES string of the molecule is CN1CCC(Oc2ccc(N)cc2C(N)=O)CC1. The third-order valence-electron chi connectivity index (χ3n) is 3.23. The average molecular weight is 249 g/mol. The zero-order valence-corrected chi connectivity index (χ0v) is 10.6. The van der Waals surface area contributed by atoms with E-state index in [0.717, 1.165) is 25.9 Å². The maximum Gasteiger partial charge on any atom is 0.252 e. The first kappa shape index (κ1) is 12.7. The number of rotatable bonds is 3. The molecule has 0 aliphatic carbocycles. The van der Waals surface area contributed by atoms with Crippen molar-refractivity contribution in [2.45, 2.75) is 18.9 Å². The van der Waals surface area contributed by atoms with E-state index in [1.54, 1.807) is 18.2 Å². The van der Waals surface area contributed by atoms with E-state index in [9.17, 15) is 4.79 Å². The fraction of sp³-hybridized carbons (Fsp3) is 0.462. The van der Waals surface area contributed by atoms with Crippen LogP contribution >= 0.6 is 0 Å². The molecule has 1 aliphatic rings. The van der Waals surface area contributed by atoms with Gasteiger partial charge in [0.1, 0.15) is 11.9 Å². The highest BCUT2D eigenvalue weighted by molar-refractivity contribution is 5.96. The Hall–Kier alpha value is -1.75. The van der Waals surface area contributed by atoms with E-state index < -0.39 is 5.91 Å². The number of anilines is 1. The number of nitrogens with zero attached hydrogens (tertiary/aromatic N) is 1. The van der Waals surface area contributed by atoms with Gasteiger partial charge in [-0.25, -0.2) is 0 Å². The van der Waals surface area contributed by atoms with E-state index in [0.29, 0.717) is 17.0 Å². The number of hydrogen-bond acceptors (Lipinski definition) is 4. The van der Waals surface area contributed by atoms with E-state index in [1.165, 1.54) is 0 Å². The van der Waals surface area contributed by atoms with Gasteiger partial charge in [-0.2, -0.15) is 0 Å². The Balaban J connectivity index is 2.11. The lowest BCUT2D eigenvalue weighted by molar-refractivity contribution is 0.0970. The van der Waals surface area contributed by atoms with Crippen LogP contribution in [0.15, 0.2) is 18.2 Å². The number of nitrogen functional groups attached to an aromatic ring is 1. The van der Waals surface area contributed by atoms with Gasteiger partial charge in [-0.1, -0.05) is 0 Å². The Morgan fingerprint density at radius 3 is 2.67 bits per heavy atom. The van der Waals surface area contributed by atoms with Gasteiger partial charge < -0.3 is 21.1 Å². The Labute approximate surface area is 107 Å². The van der Waals surface area contributed by atoms with Gasteiger partial charge >= 0.3 is 0 Å². The summed E-state index contributed by atoms with van der Waals surface area (Å²) in [6.07, 6.45) is 2.06. The van der Waals surface area contributed by atoms with Crippen molar-refractivity contribution in [1.82, 2.24) is 4.90 Å². The van der Waals surface area contributed by atoms with Crippen molar-refractivity contribution in [2.24, 2.45) is 5.73 Å². The van der Waals surface area contributed by atoms with Crippen LogP contribution < -0.4 is 16.2 Å². The summed E-state index contributed by atoms with van der Waals surface area (Å²) in [6, 6.07) is 5.00. The van der Waals surface area contributed by atoms with Gasteiger partial charge in [0.25, 0.3) is 5.91 Å². The number of ether oxygens (including phenoxy) is 1. The lowest BCUT2D eigenvalue weighted by Gasteiger charge is -2.29. The Bertz CT molecular complexity index is 440. The quantitative estimate of drug-likeness (QED) is 0.778. The number of carbonyl (C=O) groups excluding carboxylic acids is 1. The lowest BCUT2D eigenvalue weighted by Crippen LogP contribution is -2.36. The van der Waals surface area contributed by atoms with E-state index in [-0.39, 0.29) is 6.10 Å². The monoisotopic (exact) mass is 249 g/mol. The molecule has 1 saturated heterocycles. The van der Waals surface area contributed by atoms with Crippen LogP contribution in [-0.4, -0.2) is 37.0 Å². The van der Waals surface area contributed by atoms with E-state index in [2.05, 4.69) is 11.9 Å². The Kier molecular flexibility index (Phi) is 3.72. The number of likely N-dealkylation sites (tertiary alicyclic amines) is 1. The van der Waals surface area contributed by atoms with Crippen molar-refractivity contribution in [3.63, 3.8) is 0 Å². The largest absolute Gasteiger partial charge is 0.489 e. The van der Waals surface area contributed by atoms with Gasteiger partial charge in [-0.05, 0) is 38.1 Å². The molecule has 5 nitrogen and oxygen atoms in total. The zero-order valence-electron chi connectivity index (χ0n) is 10.6. The van der Waals surface area contributed by atoms with Crippen molar-refractivity contribution in [3.8, 4) is 5.75 Å². The topological polar surface area (TPSA) is 81.6 Å². The summed E-state index contributed by atoms with van der Waals surface area (Å²) in [4.78, 5) is 13.6. The predicted molar refractivity (Wildman–Crippen MR) is 70.5 cm³/mol. The van der Waals surface area contributed by atoms with Crippen LogP contribution in [0.4, 0.5) is 5.69 Å². The average Bonchev–Trinajstić information content (AvgIpc) is 2.34. The van der Waals surface area contributed by atoms with E-state index in [1.807, 2.05) is 0 Å². The number of primary amides is 1. The number of benzene rings is 1. The maximum atomic E-state index is 11.3. The first-order valence-electron chi connectivity index (χ1n) is 6.11. The molecule has 0 bridgehead atoms. The maximum absolute atomic E-state index is 11.3. The molecule has 5 heteroatoms. The highest BCUT2D eigenvalue weighted by Crippen LogP contribution is 2.24. The third-order valence-corrected chi connectivity index (χ3v) is 3.23. The first-order chi connectivity index (χ1) is 8.56. The molecule has 4 N–H and O–H groups in total. The van der Waals surface area contributed by atoms with Gasteiger partial charge in [-0.15, -0.1) is 0 Å². The molecular weight excluding hydrogens is 230 g/mol. The fourth-order valence-corrected chi connectivity index (χ4v) is 2.13. The first-order valence-corrected chi connectivity index (χ1v) is 6.11. The molecule has 0 spiro atoms. The summed E-state index contributed by atoms with van der Waals surface area (Å²) in [5.41, 5.74) is 11.8. The molecule has 1 heterocycles. The number of hydrogen-bond donors (Lipinski definition) is 2. The molecule has 1 fully saturated rings. The summed E-state index contributed by atoms with van der Waals surface area (Å²) in [5.74, 6) is 0.0245. The van der Waals surface area contributed by atoms with Crippen molar-refractivity contribution in [3.05, 3.63) is 23.8 Å². The minimum atomic E-state index is -0.509. The second-order valence-corrected chi connectivity index (χ2v) is 4.74. The second-order valence-electron chi connectivity index (χ2n) is 4.74. The summed E-state index contributed by atoms with van der Waals surface area (Å²) >= 11 is 0. The highest BCUT2D eigenvalue weighted by Gasteiger charge is 2.20. The molecule has 1 aromatic rings. The minimum absolute atomic E-state index is 0.142. The molecule has 0 aromatic heterocycles. The number of nitrogens with two attached hydrogens (primary N) is 2. The summed E-state index contributed by atoms with van der Waals surface area (Å²) < 4.78 is 5.87. The molecule has 98 valence electrons. The Morgan fingerprint density at radius 1 is 1.39 bits per heavy atom. The van der Waals surface area contributed by atoms with Crippen LogP contribution in [0.2, 0.25) is 0 Å². The summed E-state index contributed by atoms with van der Waals surface area (Å²) in [6.45, 7) is 2.01. The van der Waals surface area contributed by atoms with Gasteiger partial charge in [0.2, 0.25) is 0 Å². The van der Waals surface area contributed by atoms with Crippen LogP contribution in [0, 0.1) is 0 Å². The predicted octanol–water partition coefficient (Wildman–Crippen LogP) is 0.841. The van der Waals surface area contributed by atoms with Crippen molar-refractivity contribution >= 4 is 11.6 Å². The van der Waals surface area contributed by atoms with Crippen molar-refractivity contribution in [1.29, 1.82) is 0 Å². The smallest absolute Gasteiger partial charge is 0.252 e. The standard InChI is InChI=1S/C13H19N3O2/c1-16-6-4-10(5-7-16)18-12-3-2-9(14)8-11(12)13(15)17/h2-3,8,10H,4-7,14H2,1H3,(H2,15,17). The Morgan fingerprint density at radius 2 is 2.06 bits per heavy atom. The number of piperidine rings is 1. The minimum Gasteiger partial charge on any atom is -0.489 e. The van der Waals surface area contributed by atoms with Gasteiger partial charge in [0.05, 0.1) is 5.56 Å². The molecule has 2 rings (SSSR count). The normalized spacial score (nSPS) is 17.6. The molecule has 0 saturated carbocycles. The van der Waals surface area contributed by atoms with Crippen LogP contribution in [-0.2, 0) is 0 Å². The molecule has 0 radical (unpaired) electrons. The van der Waals surface area contributed by atoms with Gasteiger partial charge in [0.15, 0.2) is 0 Å². The zero-order chi connectivity index (χ0) is 13.1. The molecule has 1 amide bonds. The molecule has 0 unspecified atom stereocenters. The van der Waals surface area contributed by atoms with E-state index >= 15 is 0 Å². The van der Waals surface area contributed by atoms with Crippen LogP contribution in [0.3, 0.4) is 0 Å². The van der Waals surface area contributed by atoms with Gasteiger partial charge in [-0.3, -0.25) is 4.79 Å². The summed E-state index contributed by atoms with van der Waals surface area (Å²) in [5, 5.41) is 0.